The summed E-state index contributed by atoms with van der Waals surface area (Å²) in [6.07, 6.45) is 4.19. The monoisotopic (exact) mass is 296 g/mol. The summed E-state index contributed by atoms with van der Waals surface area (Å²) in [7, 11) is 0. The Labute approximate surface area is 122 Å². The number of hydrogen-bond donors (Lipinski definition) is 0. The minimum absolute atomic E-state index is 0.204. The molecule has 0 N–H and O–H groups in total. The van der Waals surface area contributed by atoms with Crippen molar-refractivity contribution in [2.75, 3.05) is 24.7 Å². The Kier molecular flexibility index (Phi) is 4.21. The largest absolute Gasteiger partial charge is 0.466 e. The molecule has 1 saturated carbocycles. The van der Waals surface area contributed by atoms with Crippen LogP contribution in [0.1, 0.15) is 31.9 Å². The molecule has 1 aromatic heterocycles. The number of hydrogen-bond acceptors (Lipinski definition) is 6. The van der Waals surface area contributed by atoms with Crippen LogP contribution >= 0.6 is 11.3 Å². The number of carbonyl (C=O) groups excluding carboxylic acids is 1. The molecule has 2 unspecified atom stereocenters. The quantitative estimate of drug-likeness (QED) is 0.796. The van der Waals surface area contributed by atoms with Crippen LogP contribution in [0.25, 0.3) is 0 Å². The smallest absolute Gasteiger partial charge is 0.311 e. The molecule has 20 heavy (non-hydrogen) atoms. The highest BCUT2D eigenvalue weighted by molar-refractivity contribution is 7.13. The van der Waals surface area contributed by atoms with E-state index < -0.39 is 0 Å². The predicted molar refractivity (Wildman–Crippen MR) is 77.2 cm³/mol. The van der Waals surface area contributed by atoms with E-state index in [4.69, 9.17) is 9.47 Å². The lowest BCUT2D eigenvalue weighted by atomic mass is 10.1. The van der Waals surface area contributed by atoms with Gasteiger partial charge in [-0.15, -0.1) is 11.3 Å². The zero-order valence-corrected chi connectivity index (χ0v) is 12.5. The number of ether oxygens (including phenoxy) is 2. The summed E-state index contributed by atoms with van der Waals surface area (Å²) in [5.74, 6) is -0.204. The Morgan fingerprint density at radius 2 is 2.50 bits per heavy atom. The van der Waals surface area contributed by atoms with Gasteiger partial charge in [0.05, 0.1) is 37.5 Å². The van der Waals surface area contributed by atoms with E-state index in [1.165, 1.54) is 12.8 Å². The van der Waals surface area contributed by atoms with Crippen LogP contribution in [0.15, 0.2) is 5.38 Å². The van der Waals surface area contributed by atoms with E-state index in [1.54, 1.807) is 11.3 Å². The molecule has 5 nitrogen and oxygen atoms in total. The van der Waals surface area contributed by atoms with Crippen LogP contribution in [0, 0.1) is 0 Å². The normalized spacial score (nSPS) is 25.6. The summed E-state index contributed by atoms with van der Waals surface area (Å²) in [6, 6.07) is 0.463. The van der Waals surface area contributed by atoms with Crippen molar-refractivity contribution in [2.24, 2.45) is 0 Å². The van der Waals surface area contributed by atoms with Crippen molar-refractivity contribution in [2.45, 2.75) is 44.8 Å². The molecule has 0 bridgehead atoms. The molecular formula is C14H20N2O3S. The molecule has 110 valence electrons. The minimum atomic E-state index is -0.204. The Morgan fingerprint density at radius 3 is 3.35 bits per heavy atom. The van der Waals surface area contributed by atoms with Crippen molar-refractivity contribution in [3.63, 3.8) is 0 Å². The molecule has 0 amide bonds. The standard InChI is InChI=1S/C14H20N2O3S/c1-2-18-13(17)8-10-9-20-14(15-10)16-6-7-19-12-5-3-4-11(12)16/h9,11-12H,2-8H2,1H3. The third-order valence-electron chi connectivity index (χ3n) is 3.90. The SMILES string of the molecule is CCOC(=O)Cc1csc(N2CCOC3CCCC32)n1. The number of rotatable bonds is 4. The van der Waals surface area contributed by atoms with E-state index >= 15 is 0 Å². The molecule has 0 aromatic carbocycles. The van der Waals surface area contributed by atoms with Crippen LogP contribution in [0.2, 0.25) is 0 Å². The Bertz CT molecular complexity index is 477. The predicted octanol–water partition coefficient (Wildman–Crippen LogP) is 2.01. The van der Waals surface area contributed by atoms with Crippen molar-refractivity contribution in [3.05, 3.63) is 11.1 Å². The molecule has 3 rings (SSSR count). The van der Waals surface area contributed by atoms with Gasteiger partial charge in [0.15, 0.2) is 5.13 Å². The van der Waals surface area contributed by atoms with Crippen LogP contribution in [0.3, 0.4) is 0 Å². The highest BCUT2D eigenvalue weighted by Gasteiger charge is 2.37. The van der Waals surface area contributed by atoms with E-state index in [0.717, 1.165) is 30.4 Å². The third-order valence-corrected chi connectivity index (χ3v) is 4.82. The van der Waals surface area contributed by atoms with Gasteiger partial charge in [0, 0.05) is 11.9 Å². The van der Waals surface area contributed by atoms with Gasteiger partial charge in [0.25, 0.3) is 0 Å². The Balaban J connectivity index is 1.68. The van der Waals surface area contributed by atoms with Crippen molar-refractivity contribution >= 4 is 22.4 Å². The first-order chi connectivity index (χ1) is 9.78. The number of nitrogens with zero attached hydrogens (tertiary/aromatic N) is 2. The zero-order valence-electron chi connectivity index (χ0n) is 11.7. The van der Waals surface area contributed by atoms with Crippen molar-refractivity contribution in [3.8, 4) is 0 Å². The number of morpholine rings is 1. The van der Waals surface area contributed by atoms with Gasteiger partial charge in [-0.05, 0) is 26.2 Å². The number of anilines is 1. The third kappa shape index (κ3) is 2.81. The van der Waals surface area contributed by atoms with E-state index in [9.17, 15) is 4.79 Å². The molecule has 2 aliphatic rings. The maximum absolute atomic E-state index is 11.5. The topological polar surface area (TPSA) is 51.7 Å². The van der Waals surface area contributed by atoms with Crippen LogP contribution in [-0.2, 0) is 20.7 Å². The van der Waals surface area contributed by atoms with Crippen molar-refractivity contribution in [1.29, 1.82) is 0 Å². The summed E-state index contributed by atoms with van der Waals surface area (Å²) in [6.45, 7) is 3.91. The first kappa shape index (κ1) is 13.8. The molecule has 0 radical (unpaired) electrons. The van der Waals surface area contributed by atoms with Gasteiger partial charge in [-0.25, -0.2) is 4.98 Å². The van der Waals surface area contributed by atoms with Crippen molar-refractivity contribution in [1.82, 2.24) is 4.98 Å². The molecule has 2 atom stereocenters. The number of esters is 1. The van der Waals surface area contributed by atoms with E-state index in [0.29, 0.717) is 18.8 Å². The van der Waals surface area contributed by atoms with Crippen LogP contribution in [-0.4, -0.2) is 42.9 Å². The van der Waals surface area contributed by atoms with Crippen LogP contribution in [0.5, 0.6) is 0 Å². The second-order valence-electron chi connectivity index (χ2n) is 5.20. The van der Waals surface area contributed by atoms with E-state index in [2.05, 4.69) is 9.88 Å². The van der Waals surface area contributed by atoms with E-state index in [1.807, 2.05) is 12.3 Å². The average Bonchev–Trinajstić information content (AvgIpc) is 3.06. The molecule has 6 heteroatoms. The highest BCUT2D eigenvalue weighted by Crippen LogP contribution is 2.34. The second-order valence-corrected chi connectivity index (χ2v) is 6.04. The van der Waals surface area contributed by atoms with Gasteiger partial charge in [-0.2, -0.15) is 0 Å². The number of fused-ring (bicyclic) bond motifs is 1. The average molecular weight is 296 g/mol. The highest BCUT2D eigenvalue weighted by atomic mass is 32.1. The van der Waals surface area contributed by atoms with Gasteiger partial charge in [0.2, 0.25) is 0 Å². The molecule has 0 spiro atoms. The Morgan fingerprint density at radius 1 is 1.60 bits per heavy atom. The summed E-state index contributed by atoms with van der Waals surface area (Å²) >= 11 is 1.62. The minimum Gasteiger partial charge on any atom is -0.466 e. The molecule has 1 aliphatic carbocycles. The van der Waals surface area contributed by atoms with Gasteiger partial charge < -0.3 is 14.4 Å². The first-order valence-electron chi connectivity index (χ1n) is 7.26. The van der Waals surface area contributed by atoms with Crippen molar-refractivity contribution < 1.29 is 14.3 Å². The second kappa shape index (κ2) is 6.10. The van der Waals surface area contributed by atoms with Crippen LogP contribution < -0.4 is 4.90 Å². The maximum Gasteiger partial charge on any atom is 0.311 e. The number of carbonyl (C=O) groups is 1. The van der Waals surface area contributed by atoms with E-state index in [-0.39, 0.29) is 12.4 Å². The molecular weight excluding hydrogens is 276 g/mol. The molecule has 1 aromatic rings. The Hall–Kier alpha value is -1.14. The lowest BCUT2D eigenvalue weighted by Gasteiger charge is -2.37. The summed E-state index contributed by atoms with van der Waals surface area (Å²) in [5, 5.41) is 2.98. The molecule has 2 fully saturated rings. The van der Waals surface area contributed by atoms with Crippen LogP contribution in [0.4, 0.5) is 5.13 Å². The first-order valence-corrected chi connectivity index (χ1v) is 8.14. The fraction of sp³-hybridized carbons (Fsp3) is 0.714. The molecule has 1 aliphatic heterocycles. The van der Waals surface area contributed by atoms with Gasteiger partial charge in [-0.1, -0.05) is 0 Å². The van der Waals surface area contributed by atoms with Gasteiger partial charge in [-0.3, -0.25) is 4.79 Å². The zero-order chi connectivity index (χ0) is 13.9. The summed E-state index contributed by atoms with van der Waals surface area (Å²) in [4.78, 5) is 18.5. The summed E-state index contributed by atoms with van der Waals surface area (Å²) < 4.78 is 10.8. The molecule has 1 saturated heterocycles. The lowest BCUT2D eigenvalue weighted by molar-refractivity contribution is -0.142. The fourth-order valence-corrected chi connectivity index (χ4v) is 3.94. The van der Waals surface area contributed by atoms with Gasteiger partial charge in [0.1, 0.15) is 0 Å². The number of thiazole rings is 1. The maximum atomic E-state index is 11.5. The molecule has 2 heterocycles. The number of aromatic nitrogens is 1. The van der Waals surface area contributed by atoms with Gasteiger partial charge >= 0.3 is 5.97 Å². The lowest BCUT2D eigenvalue weighted by Crippen LogP contribution is -2.48. The summed E-state index contributed by atoms with van der Waals surface area (Å²) in [5.41, 5.74) is 0.810. The fourth-order valence-electron chi connectivity index (χ4n) is 3.03.